The van der Waals surface area contributed by atoms with Crippen molar-refractivity contribution in [2.75, 3.05) is 23.8 Å². The number of benzene rings is 2. The van der Waals surface area contributed by atoms with E-state index < -0.39 is 0 Å². The number of para-hydroxylation sites is 1. The molecule has 5 heteroatoms. The van der Waals surface area contributed by atoms with E-state index in [2.05, 4.69) is 17.6 Å². The minimum absolute atomic E-state index is 0.135. The van der Waals surface area contributed by atoms with Crippen LogP contribution in [0.3, 0.4) is 0 Å². The molecule has 0 bridgehead atoms. The topological polar surface area (TPSA) is 50.4 Å². The van der Waals surface area contributed by atoms with E-state index in [1.54, 1.807) is 6.07 Å². The minimum atomic E-state index is -0.135. The van der Waals surface area contributed by atoms with Crippen LogP contribution in [0.4, 0.5) is 11.4 Å². The Balaban J connectivity index is 1.80. The third-order valence-electron chi connectivity index (χ3n) is 3.22. The molecule has 2 N–H and O–H groups in total. The highest BCUT2D eigenvalue weighted by molar-refractivity contribution is 6.33. The Kier molecular flexibility index (Phi) is 6.76. The zero-order valence-electron chi connectivity index (χ0n) is 13.1. The number of amides is 1. The molecule has 0 atom stereocenters. The smallest absolute Gasteiger partial charge is 0.243 e. The predicted molar refractivity (Wildman–Crippen MR) is 95.4 cm³/mol. The highest BCUT2D eigenvalue weighted by Gasteiger charge is 2.04. The molecule has 0 aliphatic heterocycles. The first-order chi connectivity index (χ1) is 11.2. The van der Waals surface area contributed by atoms with Crippen molar-refractivity contribution in [3.8, 4) is 5.75 Å². The SMILES string of the molecule is CCCCOc1ccc(NC(=O)CNc2ccccc2Cl)cc1. The third kappa shape index (κ3) is 5.83. The van der Waals surface area contributed by atoms with Gasteiger partial charge in [0.2, 0.25) is 5.91 Å². The first-order valence-electron chi connectivity index (χ1n) is 7.70. The zero-order chi connectivity index (χ0) is 16.5. The Hall–Kier alpha value is -2.20. The van der Waals surface area contributed by atoms with Crippen molar-refractivity contribution in [3.05, 3.63) is 53.6 Å². The van der Waals surface area contributed by atoms with Crippen molar-refractivity contribution in [2.45, 2.75) is 19.8 Å². The van der Waals surface area contributed by atoms with E-state index in [4.69, 9.17) is 16.3 Å². The molecule has 0 radical (unpaired) electrons. The summed E-state index contributed by atoms with van der Waals surface area (Å²) in [4.78, 5) is 11.9. The van der Waals surface area contributed by atoms with Gasteiger partial charge in [-0.1, -0.05) is 37.1 Å². The van der Waals surface area contributed by atoms with Gasteiger partial charge < -0.3 is 15.4 Å². The van der Waals surface area contributed by atoms with Gasteiger partial charge in [-0.25, -0.2) is 0 Å². The van der Waals surface area contributed by atoms with Gasteiger partial charge in [0.15, 0.2) is 0 Å². The summed E-state index contributed by atoms with van der Waals surface area (Å²) < 4.78 is 5.59. The van der Waals surface area contributed by atoms with Crippen LogP contribution in [-0.4, -0.2) is 19.1 Å². The molecule has 0 heterocycles. The molecule has 0 saturated carbocycles. The Labute approximate surface area is 141 Å². The normalized spacial score (nSPS) is 10.2. The molecule has 0 fully saturated rings. The lowest BCUT2D eigenvalue weighted by Crippen LogP contribution is -2.21. The van der Waals surface area contributed by atoms with Crippen molar-refractivity contribution in [1.82, 2.24) is 0 Å². The van der Waals surface area contributed by atoms with E-state index in [-0.39, 0.29) is 12.5 Å². The van der Waals surface area contributed by atoms with E-state index in [1.807, 2.05) is 42.5 Å². The second-order valence-corrected chi connectivity index (χ2v) is 5.52. The number of halogens is 1. The Bertz CT molecular complexity index is 629. The summed E-state index contributed by atoms with van der Waals surface area (Å²) in [5.74, 6) is 0.676. The fourth-order valence-corrected chi connectivity index (χ4v) is 2.16. The molecule has 0 unspecified atom stereocenters. The molecular formula is C18H21ClN2O2. The quantitative estimate of drug-likeness (QED) is 0.696. The molecule has 2 rings (SSSR count). The van der Waals surface area contributed by atoms with Crippen molar-refractivity contribution >= 4 is 28.9 Å². The van der Waals surface area contributed by atoms with Gasteiger partial charge in [0, 0.05) is 5.69 Å². The second kappa shape index (κ2) is 9.06. The van der Waals surface area contributed by atoms with E-state index in [9.17, 15) is 4.79 Å². The summed E-state index contributed by atoms with van der Waals surface area (Å²) >= 11 is 6.03. The molecule has 2 aromatic rings. The number of hydrogen-bond acceptors (Lipinski definition) is 3. The van der Waals surface area contributed by atoms with Gasteiger partial charge >= 0.3 is 0 Å². The number of carbonyl (C=O) groups is 1. The number of rotatable bonds is 8. The number of ether oxygens (including phenoxy) is 1. The largest absolute Gasteiger partial charge is 0.494 e. The van der Waals surface area contributed by atoms with Crippen LogP contribution in [0, 0.1) is 0 Å². The average Bonchev–Trinajstić information content (AvgIpc) is 2.56. The van der Waals surface area contributed by atoms with Crippen molar-refractivity contribution < 1.29 is 9.53 Å². The molecule has 0 saturated heterocycles. The first-order valence-corrected chi connectivity index (χ1v) is 8.08. The molecule has 0 spiro atoms. The van der Waals surface area contributed by atoms with Crippen LogP contribution in [-0.2, 0) is 4.79 Å². The van der Waals surface area contributed by atoms with Crippen molar-refractivity contribution in [1.29, 1.82) is 0 Å². The fourth-order valence-electron chi connectivity index (χ4n) is 1.95. The van der Waals surface area contributed by atoms with E-state index in [0.29, 0.717) is 11.6 Å². The summed E-state index contributed by atoms with van der Waals surface area (Å²) in [6.45, 7) is 2.99. The number of anilines is 2. The third-order valence-corrected chi connectivity index (χ3v) is 3.55. The van der Waals surface area contributed by atoms with Gasteiger partial charge in [-0.15, -0.1) is 0 Å². The highest BCUT2D eigenvalue weighted by atomic mass is 35.5. The Morgan fingerprint density at radius 3 is 2.57 bits per heavy atom. The van der Waals surface area contributed by atoms with Gasteiger partial charge in [-0.2, -0.15) is 0 Å². The Morgan fingerprint density at radius 2 is 1.87 bits per heavy atom. The second-order valence-electron chi connectivity index (χ2n) is 5.11. The minimum Gasteiger partial charge on any atom is -0.494 e. The van der Waals surface area contributed by atoms with Gasteiger partial charge in [0.05, 0.1) is 23.9 Å². The van der Waals surface area contributed by atoms with Crippen LogP contribution < -0.4 is 15.4 Å². The van der Waals surface area contributed by atoms with Crippen LogP contribution in [0.2, 0.25) is 5.02 Å². The molecule has 1 amide bonds. The van der Waals surface area contributed by atoms with Crippen LogP contribution in [0.1, 0.15) is 19.8 Å². The van der Waals surface area contributed by atoms with Crippen LogP contribution in [0.25, 0.3) is 0 Å². The van der Waals surface area contributed by atoms with E-state index >= 15 is 0 Å². The summed E-state index contributed by atoms with van der Waals surface area (Å²) in [6, 6.07) is 14.7. The standard InChI is InChI=1S/C18H21ClN2O2/c1-2-3-12-23-15-10-8-14(9-11-15)21-18(22)13-20-17-7-5-4-6-16(17)19/h4-11,20H,2-3,12-13H2,1H3,(H,21,22). The molecule has 23 heavy (non-hydrogen) atoms. The molecule has 0 aliphatic carbocycles. The molecule has 4 nitrogen and oxygen atoms in total. The van der Waals surface area contributed by atoms with Gasteiger partial charge in [0.25, 0.3) is 0 Å². The van der Waals surface area contributed by atoms with Crippen LogP contribution >= 0.6 is 11.6 Å². The van der Waals surface area contributed by atoms with Gasteiger partial charge in [-0.05, 0) is 42.8 Å². The number of unbranched alkanes of at least 4 members (excludes halogenated alkanes) is 1. The lowest BCUT2D eigenvalue weighted by molar-refractivity contribution is -0.114. The number of carbonyl (C=O) groups excluding carboxylic acids is 1. The molecule has 122 valence electrons. The Morgan fingerprint density at radius 1 is 1.13 bits per heavy atom. The maximum absolute atomic E-state index is 11.9. The molecular weight excluding hydrogens is 312 g/mol. The lowest BCUT2D eigenvalue weighted by atomic mass is 10.3. The zero-order valence-corrected chi connectivity index (χ0v) is 13.9. The summed E-state index contributed by atoms with van der Waals surface area (Å²) in [7, 11) is 0. The van der Waals surface area contributed by atoms with Crippen molar-refractivity contribution in [2.24, 2.45) is 0 Å². The predicted octanol–water partition coefficient (Wildman–Crippen LogP) is 4.57. The molecule has 0 aromatic heterocycles. The average molecular weight is 333 g/mol. The van der Waals surface area contributed by atoms with Crippen LogP contribution in [0.15, 0.2) is 48.5 Å². The maximum atomic E-state index is 11.9. The summed E-state index contributed by atoms with van der Waals surface area (Å²) in [5.41, 5.74) is 1.47. The lowest BCUT2D eigenvalue weighted by Gasteiger charge is -2.10. The van der Waals surface area contributed by atoms with E-state index in [1.165, 1.54) is 0 Å². The molecule has 2 aromatic carbocycles. The highest BCUT2D eigenvalue weighted by Crippen LogP contribution is 2.20. The summed E-state index contributed by atoms with van der Waals surface area (Å²) in [6.07, 6.45) is 2.14. The number of nitrogens with one attached hydrogen (secondary N) is 2. The van der Waals surface area contributed by atoms with E-state index in [0.717, 1.165) is 30.0 Å². The summed E-state index contributed by atoms with van der Waals surface area (Å²) in [5, 5.41) is 6.43. The number of hydrogen-bond donors (Lipinski definition) is 2. The van der Waals surface area contributed by atoms with Crippen LogP contribution in [0.5, 0.6) is 5.75 Å². The van der Waals surface area contributed by atoms with Crippen molar-refractivity contribution in [3.63, 3.8) is 0 Å². The first kappa shape index (κ1) is 17.2. The van der Waals surface area contributed by atoms with Gasteiger partial charge in [-0.3, -0.25) is 4.79 Å². The molecule has 0 aliphatic rings. The maximum Gasteiger partial charge on any atom is 0.243 e. The monoisotopic (exact) mass is 332 g/mol. The van der Waals surface area contributed by atoms with Gasteiger partial charge in [0.1, 0.15) is 5.75 Å². The fraction of sp³-hybridized carbons (Fsp3) is 0.278.